The van der Waals surface area contributed by atoms with E-state index >= 15 is 0 Å². The lowest BCUT2D eigenvalue weighted by Gasteiger charge is -2.38. The lowest BCUT2D eigenvalue weighted by molar-refractivity contribution is 0.117. The normalized spacial score (nSPS) is 20.2. The third kappa shape index (κ3) is 3.18. The molecule has 1 aromatic carbocycles. The predicted molar refractivity (Wildman–Crippen MR) is 81.3 cm³/mol. The Morgan fingerprint density at radius 3 is 2.25 bits per heavy atom. The van der Waals surface area contributed by atoms with Crippen LogP contribution in [0.25, 0.3) is 0 Å². The smallest absolute Gasteiger partial charge is 0.144 e. The molecule has 1 unspecified atom stereocenters. The van der Waals surface area contributed by atoms with Crippen molar-refractivity contribution in [3.05, 3.63) is 35.9 Å². The Morgan fingerprint density at radius 1 is 1.15 bits per heavy atom. The number of piperazine rings is 1. The van der Waals surface area contributed by atoms with E-state index in [2.05, 4.69) is 28.1 Å². The maximum atomic E-state index is 9.71. The zero-order valence-corrected chi connectivity index (χ0v) is 12.5. The van der Waals surface area contributed by atoms with Crippen molar-refractivity contribution in [2.24, 2.45) is 0 Å². The second-order valence-electron chi connectivity index (χ2n) is 5.34. The van der Waals surface area contributed by atoms with E-state index in [4.69, 9.17) is 0 Å². The number of hydrogen-bond donors (Lipinski definition) is 1. The number of rotatable bonds is 5. The van der Waals surface area contributed by atoms with Gasteiger partial charge in [-0.25, -0.2) is 0 Å². The van der Waals surface area contributed by atoms with Crippen LogP contribution in [0, 0.1) is 11.3 Å². The van der Waals surface area contributed by atoms with Crippen LogP contribution >= 0.6 is 0 Å². The van der Waals surface area contributed by atoms with Gasteiger partial charge < -0.3 is 4.90 Å². The maximum absolute atomic E-state index is 9.71. The molecule has 1 aliphatic heterocycles. The SMILES string of the molecule is CCN1CCN(CC(C#N)(NC)c2ccccc2)CC1. The zero-order valence-electron chi connectivity index (χ0n) is 12.5. The van der Waals surface area contributed by atoms with Crippen LogP contribution in [0.1, 0.15) is 12.5 Å². The molecule has 0 amide bonds. The summed E-state index contributed by atoms with van der Waals surface area (Å²) in [6.07, 6.45) is 0. The van der Waals surface area contributed by atoms with Gasteiger partial charge in [-0.1, -0.05) is 37.3 Å². The van der Waals surface area contributed by atoms with Crippen molar-refractivity contribution >= 4 is 0 Å². The van der Waals surface area contributed by atoms with E-state index < -0.39 is 5.54 Å². The van der Waals surface area contributed by atoms with Gasteiger partial charge in [0.2, 0.25) is 0 Å². The van der Waals surface area contributed by atoms with Crippen molar-refractivity contribution in [2.75, 3.05) is 46.3 Å². The zero-order chi connectivity index (χ0) is 14.4. The summed E-state index contributed by atoms with van der Waals surface area (Å²) in [6.45, 7) is 8.31. The van der Waals surface area contributed by atoms with Crippen LogP contribution < -0.4 is 5.32 Å². The number of hydrogen-bond acceptors (Lipinski definition) is 4. The fourth-order valence-corrected chi connectivity index (χ4v) is 2.79. The summed E-state index contributed by atoms with van der Waals surface area (Å²) in [7, 11) is 1.87. The van der Waals surface area contributed by atoms with Gasteiger partial charge in [0.1, 0.15) is 5.54 Å². The van der Waals surface area contributed by atoms with Crippen LogP contribution in [-0.4, -0.2) is 56.1 Å². The molecule has 1 atom stereocenters. The first kappa shape index (κ1) is 15.0. The van der Waals surface area contributed by atoms with Gasteiger partial charge in [-0.3, -0.25) is 10.2 Å². The van der Waals surface area contributed by atoms with Crippen molar-refractivity contribution in [2.45, 2.75) is 12.5 Å². The minimum Gasteiger partial charge on any atom is -0.301 e. The lowest BCUT2D eigenvalue weighted by atomic mass is 9.90. The highest BCUT2D eigenvalue weighted by molar-refractivity contribution is 5.32. The van der Waals surface area contributed by atoms with Gasteiger partial charge in [-0.05, 0) is 19.2 Å². The molecule has 1 heterocycles. The molecular formula is C16H24N4. The minimum atomic E-state index is -0.615. The Bertz CT molecular complexity index is 445. The van der Waals surface area contributed by atoms with E-state index in [1.807, 2.05) is 37.4 Å². The highest BCUT2D eigenvalue weighted by Crippen LogP contribution is 2.22. The van der Waals surface area contributed by atoms with Crippen molar-refractivity contribution in [1.82, 2.24) is 15.1 Å². The van der Waals surface area contributed by atoms with Gasteiger partial charge in [-0.2, -0.15) is 5.26 Å². The number of nitrogens with zero attached hydrogens (tertiary/aromatic N) is 3. The molecule has 1 saturated heterocycles. The average Bonchev–Trinajstić information content (AvgIpc) is 2.54. The molecule has 0 aromatic heterocycles. The molecule has 0 radical (unpaired) electrons. The van der Waals surface area contributed by atoms with Crippen LogP contribution in [0.5, 0.6) is 0 Å². The molecule has 0 spiro atoms. The number of nitriles is 1. The summed E-state index contributed by atoms with van der Waals surface area (Å²) in [5.74, 6) is 0. The summed E-state index contributed by atoms with van der Waals surface area (Å²) in [5.41, 5.74) is 0.429. The Labute approximate surface area is 122 Å². The van der Waals surface area contributed by atoms with Gasteiger partial charge in [0, 0.05) is 32.7 Å². The predicted octanol–water partition coefficient (Wildman–Crippen LogP) is 1.26. The second-order valence-corrected chi connectivity index (χ2v) is 5.34. The standard InChI is InChI=1S/C16H24N4/c1-3-19-9-11-20(12-10-19)14-16(13-17,18-2)15-7-5-4-6-8-15/h4-8,18H,3,9-12,14H2,1-2H3. The molecule has 0 bridgehead atoms. The minimum absolute atomic E-state index is 0.615. The summed E-state index contributed by atoms with van der Waals surface area (Å²) < 4.78 is 0. The molecule has 0 saturated carbocycles. The first-order chi connectivity index (χ1) is 9.74. The largest absolute Gasteiger partial charge is 0.301 e. The first-order valence-corrected chi connectivity index (χ1v) is 7.34. The molecule has 2 rings (SSSR count). The third-order valence-corrected chi connectivity index (χ3v) is 4.26. The fourth-order valence-electron chi connectivity index (χ4n) is 2.79. The van der Waals surface area contributed by atoms with E-state index in [0.717, 1.165) is 44.8 Å². The van der Waals surface area contributed by atoms with E-state index in [9.17, 15) is 5.26 Å². The quantitative estimate of drug-likeness (QED) is 0.876. The molecule has 108 valence electrons. The Morgan fingerprint density at radius 2 is 1.75 bits per heavy atom. The Balaban J connectivity index is 2.09. The first-order valence-electron chi connectivity index (χ1n) is 7.34. The fraction of sp³-hybridized carbons (Fsp3) is 0.562. The summed E-state index contributed by atoms with van der Waals surface area (Å²) in [4.78, 5) is 4.84. The van der Waals surface area contributed by atoms with E-state index in [0.29, 0.717) is 0 Å². The maximum Gasteiger partial charge on any atom is 0.144 e. The van der Waals surface area contributed by atoms with Gasteiger partial charge in [0.05, 0.1) is 6.07 Å². The van der Waals surface area contributed by atoms with Crippen molar-refractivity contribution < 1.29 is 0 Å². The van der Waals surface area contributed by atoms with E-state index in [1.165, 1.54) is 0 Å². The van der Waals surface area contributed by atoms with Gasteiger partial charge in [0.15, 0.2) is 0 Å². The molecule has 4 nitrogen and oxygen atoms in total. The number of likely N-dealkylation sites (N-methyl/N-ethyl adjacent to an activating group) is 2. The highest BCUT2D eigenvalue weighted by atomic mass is 15.3. The Hall–Kier alpha value is -1.41. The monoisotopic (exact) mass is 272 g/mol. The van der Waals surface area contributed by atoms with Crippen molar-refractivity contribution in [3.63, 3.8) is 0 Å². The van der Waals surface area contributed by atoms with Gasteiger partial charge in [0.25, 0.3) is 0 Å². The lowest BCUT2D eigenvalue weighted by Crippen LogP contribution is -2.54. The molecule has 1 fully saturated rings. The molecule has 20 heavy (non-hydrogen) atoms. The molecule has 1 aliphatic rings. The van der Waals surface area contributed by atoms with Crippen LogP contribution in [0.4, 0.5) is 0 Å². The van der Waals surface area contributed by atoms with Crippen LogP contribution in [0.15, 0.2) is 30.3 Å². The number of nitrogens with one attached hydrogen (secondary N) is 1. The van der Waals surface area contributed by atoms with Crippen LogP contribution in [0.2, 0.25) is 0 Å². The summed E-state index contributed by atoms with van der Waals surface area (Å²) >= 11 is 0. The van der Waals surface area contributed by atoms with Crippen molar-refractivity contribution in [3.8, 4) is 6.07 Å². The molecule has 4 heteroatoms. The molecule has 0 aliphatic carbocycles. The summed E-state index contributed by atoms with van der Waals surface area (Å²) in [6, 6.07) is 12.5. The molecule has 1 aromatic rings. The number of benzene rings is 1. The topological polar surface area (TPSA) is 42.3 Å². The highest BCUT2D eigenvalue weighted by Gasteiger charge is 2.33. The van der Waals surface area contributed by atoms with Gasteiger partial charge >= 0.3 is 0 Å². The van der Waals surface area contributed by atoms with E-state index in [1.54, 1.807) is 0 Å². The molecule has 1 N–H and O–H groups in total. The molecular weight excluding hydrogens is 248 g/mol. The van der Waals surface area contributed by atoms with Crippen molar-refractivity contribution in [1.29, 1.82) is 5.26 Å². The third-order valence-electron chi connectivity index (χ3n) is 4.26. The Kier molecular flexibility index (Phi) is 5.13. The second kappa shape index (κ2) is 6.85. The van der Waals surface area contributed by atoms with Gasteiger partial charge in [-0.15, -0.1) is 0 Å². The van der Waals surface area contributed by atoms with Crippen LogP contribution in [0.3, 0.4) is 0 Å². The van der Waals surface area contributed by atoms with Crippen LogP contribution in [-0.2, 0) is 5.54 Å². The average molecular weight is 272 g/mol. The van der Waals surface area contributed by atoms with E-state index in [-0.39, 0.29) is 0 Å². The summed E-state index contributed by atoms with van der Waals surface area (Å²) in [5, 5.41) is 12.9.